The van der Waals surface area contributed by atoms with Crippen LogP contribution in [0.5, 0.6) is 5.75 Å². The Morgan fingerprint density at radius 2 is 2.15 bits per heavy atom. The van der Waals surface area contributed by atoms with E-state index < -0.39 is 6.10 Å². The molecular formula is C15H19BrN2O2. The molecule has 0 aliphatic carbocycles. The summed E-state index contributed by atoms with van der Waals surface area (Å²) in [4.78, 5) is 0. The van der Waals surface area contributed by atoms with Crippen LogP contribution in [0.3, 0.4) is 0 Å². The number of aromatic nitrogens is 2. The normalized spacial score (nSPS) is 12.4. The molecule has 2 rings (SSSR count). The van der Waals surface area contributed by atoms with Crippen LogP contribution in [-0.4, -0.2) is 22.0 Å². The van der Waals surface area contributed by atoms with Crippen LogP contribution in [0.4, 0.5) is 0 Å². The zero-order valence-corrected chi connectivity index (χ0v) is 13.5. The van der Waals surface area contributed by atoms with E-state index in [-0.39, 0.29) is 0 Å². The van der Waals surface area contributed by atoms with Crippen molar-refractivity contribution in [3.63, 3.8) is 0 Å². The highest BCUT2D eigenvalue weighted by atomic mass is 79.9. The van der Waals surface area contributed by atoms with Gasteiger partial charge in [-0.2, -0.15) is 5.10 Å². The van der Waals surface area contributed by atoms with Gasteiger partial charge >= 0.3 is 0 Å². The number of nitrogens with zero attached hydrogens (tertiary/aromatic N) is 2. The van der Waals surface area contributed by atoms with Gasteiger partial charge in [-0.15, -0.1) is 0 Å². The molecule has 1 aromatic heterocycles. The van der Waals surface area contributed by atoms with Crippen molar-refractivity contribution in [1.29, 1.82) is 0 Å². The largest absolute Gasteiger partial charge is 0.496 e. The summed E-state index contributed by atoms with van der Waals surface area (Å²) < 4.78 is 7.97. The van der Waals surface area contributed by atoms with E-state index in [1.807, 2.05) is 42.8 Å². The van der Waals surface area contributed by atoms with Crippen molar-refractivity contribution in [2.45, 2.75) is 32.9 Å². The number of hydrogen-bond donors (Lipinski definition) is 1. The van der Waals surface area contributed by atoms with Gasteiger partial charge in [0.1, 0.15) is 5.75 Å². The molecule has 0 amide bonds. The van der Waals surface area contributed by atoms with Gasteiger partial charge < -0.3 is 9.84 Å². The van der Waals surface area contributed by atoms with Crippen molar-refractivity contribution in [2.24, 2.45) is 0 Å². The molecule has 0 radical (unpaired) electrons. The van der Waals surface area contributed by atoms with Crippen molar-refractivity contribution < 1.29 is 9.84 Å². The summed E-state index contributed by atoms with van der Waals surface area (Å²) in [6.45, 7) is 4.82. The minimum Gasteiger partial charge on any atom is -0.496 e. The number of benzene rings is 1. The molecule has 1 heterocycles. The van der Waals surface area contributed by atoms with Gasteiger partial charge in [0.05, 0.1) is 23.4 Å². The lowest BCUT2D eigenvalue weighted by molar-refractivity contribution is 0.175. The maximum Gasteiger partial charge on any atom is 0.133 e. The smallest absolute Gasteiger partial charge is 0.133 e. The minimum absolute atomic E-state index is 0.549. The lowest BCUT2D eigenvalue weighted by atomic mass is 10.0. The fraction of sp³-hybridized carbons (Fsp3) is 0.400. The molecule has 1 aromatic carbocycles. The SMILES string of the molecule is CCn1nc(C)cc1CC(O)c1ccc(OC)c(Br)c1. The molecule has 0 saturated heterocycles. The molecule has 1 unspecified atom stereocenters. The second-order valence-corrected chi connectivity index (χ2v) is 5.56. The molecule has 20 heavy (non-hydrogen) atoms. The number of aryl methyl sites for hydroxylation is 2. The molecule has 0 fully saturated rings. The molecule has 0 aliphatic heterocycles. The van der Waals surface area contributed by atoms with Gasteiger partial charge in [-0.05, 0) is 53.5 Å². The summed E-state index contributed by atoms with van der Waals surface area (Å²) in [5.74, 6) is 0.760. The van der Waals surface area contributed by atoms with E-state index in [1.165, 1.54) is 0 Å². The molecule has 2 aromatic rings. The standard InChI is InChI=1S/C15H19BrN2O2/c1-4-18-12(7-10(2)17-18)9-14(19)11-5-6-15(20-3)13(16)8-11/h5-8,14,19H,4,9H2,1-3H3. The van der Waals surface area contributed by atoms with E-state index in [0.717, 1.165) is 33.7 Å². The molecule has 0 saturated carbocycles. The fourth-order valence-electron chi connectivity index (χ4n) is 2.24. The predicted molar refractivity (Wildman–Crippen MR) is 82.0 cm³/mol. The summed E-state index contributed by atoms with van der Waals surface area (Å²) in [7, 11) is 1.62. The van der Waals surface area contributed by atoms with Crippen LogP contribution in [0.15, 0.2) is 28.7 Å². The molecule has 5 heteroatoms. The van der Waals surface area contributed by atoms with Crippen molar-refractivity contribution in [2.75, 3.05) is 7.11 Å². The number of methoxy groups -OCH3 is 1. The molecule has 1 atom stereocenters. The third-order valence-electron chi connectivity index (χ3n) is 3.25. The zero-order valence-electron chi connectivity index (χ0n) is 11.9. The number of halogens is 1. The Morgan fingerprint density at radius 1 is 1.40 bits per heavy atom. The second-order valence-electron chi connectivity index (χ2n) is 4.71. The monoisotopic (exact) mass is 338 g/mol. The topological polar surface area (TPSA) is 47.3 Å². The average molecular weight is 339 g/mol. The molecule has 1 N–H and O–H groups in total. The number of ether oxygens (including phenoxy) is 1. The van der Waals surface area contributed by atoms with E-state index in [0.29, 0.717) is 6.42 Å². The Kier molecular flexibility index (Phi) is 4.83. The quantitative estimate of drug-likeness (QED) is 0.910. The summed E-state index contributed by atoms with van der Waals surface area (Å²) >= 11 is 3.44. The van der Waals surface area contributed by atoms with Crippen molar-refractivity contribution in [1.82, 2.24) is 9.78 Å². The lowest BCUT2D eigenvalue weighted by Gasteiger charge is -2.13. The average Bonchev–Trinajstić information content (AvgIpc) is 2.78. The number of rotatable bonds is 5. The van der Waals surface area contributed by atoms with Crippen LogP contribution < -0.4 is 4.74 Å². The fourth-order valence-corrected chi connectivity index (χ4v) is 2.80. The first-order valence-corrected chi connectivity index (χ1v) is 7.39. The summed E-state index contributed by atoms with van der Waals surface area (Å²) in [6.07, 6.45) is -0.00779. The highest BCUT2D eigenvalue weighted by molar-refractivity contribution is 9.10. The van der Waals surface area contributed by atoms with Gasteiger partial charge in [0, 0.05) is 18.7 Å². The molecular weight excluding hydrogens is 320 g/mol. The maximum absolute atomic E-state index is 10.4. The van der Waals surface area contributed by atoms with Crippen molar-refractivity contribution in [3.8, 4) is 5.75 Å². The summed E-state index contributed by atoms with van der Waals surface area (Å²) in [6, 6.07) is 7.65. The van der Waals surface area contributed by atoms with Crippen molar-refractivity contribution in [3.05, 3.63) is 45.7 Å². The highest BCUT2D eigenvalue weighted by Gasteiger charge is 2.14. The Bertz CT molecular complexity index is 596. The van der Waals surface area contributed by atoms with E-state index in [4.69, 9.17) is 4.74 Å². The molecule has 0 aliphatic rings. The zero-order chi connectivity index (χ0) is 14.7. The molecule has 4 nitrogen and oxygen atoms in total. The van der Waals surface area contributed by atoms with E-state index in [2.05, 4.69) is 21.0 Å². The Balaban J connectivity index is 2.19. The van der Waals surface area contributed by atoms with E-state index in [9.17, 15) is 5.11 Å². The minimum atomic E-state index is -0.557. The van der Waals surface area contributed by atoms with Gasteiger partial charge in [0.15, 0.2) is 0 Å². The van der Waals surface area contributed by atoms with E-state index in [1.54, 1.807) is 7.11 Å². The van der Waals surface area contributed by atoms with Crippen LogP contribution in [0.1, 0.15) is 30.0 Å². The maximum atomic E-state index is 10.4. The Labute approximate surface area is 127 Å². The van der Waals surface area contributed by atoms with Crippen LogP contribution >= 0.6 is 15.9 Å². The van der Waals surface area contributed by atoms with Gasteiger partial charge in [-0.3, -0.25) is 4.68 Å². The molecule has 0 bridgehead atoms. The Hall–Kier alpha value is -1.33. The number of hydrogen-bond acceptors (Lipinski definition) is 3. The highest BCUT2D eigenvalue weighted by Crippen LogP contribution is 2.29. The number of aliphatic hydroxyl groups excluding tert-OH is 1. The first kappa shape index (κ1) is 15.1. The predicted octanol–water partition coefficient (Wildman–Crippen LogP) is 3.26. The molecule has 0 spiro atoms. The first-order chi connectivity index (χ1) is 9.55. The van der Waals surface area contributed by atoms with Crippen LogP contribution in [0, 0.1) is 6.92 Å². The number of aliphatic hydroxyl groups is 1. The van der Waals surface area contributed by atoms with Crippen LogP contribution in [0.25, 0.3) is 0 Å². The van der Waals surface area contributed by atoms with Crippen molar-refractivity contribution >= 4 is 15.9 Å². The van der Waals surface area contributed by atoms with E-state index >= 15 is 0 Å². The molecule has 108 valence electrons. The van der Waals surface area contributed by atoms with Gasteiger partial charge in [0.25, 0.3) is 0 Å². The summed E-state index contributed by atoms with van der Waals surface area (Å²) in [5, 5.41) is 14.8. The van der Waals surface area contributed by atoms with Gasteiger partial charge in [0.2, 0.25) is 0 Å². The first-order valence-electron chi connectivity index (χ1n) is 6.60. The second kappa shape index (κ2) is 6.41. The lowest BCUT2D eigenvalue weighted by Crippen LogP contribution is -2.08. The third-order valence-corrected chi connectivity index (χ3v) is 3.87. The van der Waals surface area contributed by atoms with Crippen LogP contribution in [-0.2, 0) is 13.0 Å². The third kappa shape index (κ3) is 3.22. The summed E-state index contributed by atoms with van der Waals surface area (Å²) in [5.41, 5.74) is 2.88. The van der Waals surface area contributed by atoms with Gasteiger partial charge in [-0.1, -0.05) is 6.07 Å². The van der Waals surface area contributed by atoms with Gasteiger partial charge in [-0.25, -0.2) is 0 Å². The Morgan fingerprint density at radius 3 is 2.75 bits per heavy atom. The van der Waals surface area contributed by atoms with Crippen LogP contribution in [0.2, 0.25) is 0 Å².